The Labute approximate surface area is 92.2 Å². The van der Waals surface area contributed by atoms with E-state index in [1.165, 1.54) is 31.2 Å². The first-order chi connectivity index (χ1) is 7.50. The SMILES string of the molecule is C[C@@H](N)C(=O)OCc1ccc([N+](=O)[O-])cc1. The van der Waals surface area contributed by atoms with Gasteiger partial charge in [-0.2, -0.15) is 0 Å². The number of esters is 1. The molecule has 0 radical (unpaired) electrons. The minimum atomic E-state index is -0.668. The molecular weight excluding hydrogens is 212 g/mol. The molecule has 0 unspecified atom stereocenters. The van der Waals surface area contributed by atoms with Crippen molar-refractivity contribution in [3.05, 3.63) is 39.9 Å². The molecule has 1 atom stereocenters. The Balaban J connectivity index is 2.56. The average Bonchev–Trinajstić information content (AvgIpc) is 2.26. The zero-order valence-electron chi connectivity index (χ0n) is 8.75. The number of carbonyl (C=O) groups is 1. The standard InChI is InChI=1S/C10H12N2O4/c1-7(11)10(13)16-6-8-2-4-9(5-3-8)12(14)15/h2-5,7H,6,11H2,1H3/t7-/m1/s1. The summed E-state index contributed by atoms with van der Waals surface area (Å²) >= 11 is 0. The van der Waals surface area contributed by atoms with Crippen LogP contribution in [0.1, 0.15) is 12.5 Å². The molecule has 0 amide bonds. The monoisotopic (exact) mass is 224 g/mol. The van der Waals surface area contributed by atoms with Gasteiger partial charge < -0.3 is 10.5 Å². The van der Waals surface area contributed by atoms with E-state index in [-0.39, 0.29) is 12.3 Å². The summed E-state index contributed by atoms with van der Waals surface area (Å²) in [7, 11) is 0. The van der Waals surface area contributed by atoms with Crippen molar-refractivity contribution < 1.29 is 14.5 Å². The maximum Gasteiger partial charge on any atom is 0.322 e. The quantitative estimate of drug-likeness (QED) is 0.467. The fourth-order valence-electron chi connectivity index (χ4n) is 1.000. The molecule has 1 aromatic rings. The number of benzene rings is 1. The van der Waals surface area contributed by atoms with Crippen LogP contribution in [0.4, 0.5) is 5.69 Å². The summed E-state index contributed by atoms with van der Waals surface area (Å²) in [5, 5.41) is 10.4. The van der Waals surface area contributed by atoms with Crippen LogP contribution in [0.25, 0.3) is 0 Å². The molecule has 2 N–H and O–H groups in total. The molecule has 0 fully saturated rings. The molecule has 0 aliphatic rings. The van der Waals surface area contributed by atoms with Gasteiger partial charge in [-0.15, -0.1) is 0 Å². The van der Waals surface area contributed by atoms with E-state index >= 15 is 0 Å². The third kappa shape index (κ3) is 3.32. The molecule has 1 aromatic carbocycles. The summed E-state index contributed by atoms with van der Waals surface area (Å²) < 4.78 is 4.86. The Hall–Kier alpha value is -1.95. The summed E-state index contributed by atoms with van der Waals surface area (Å²) in [6.07, 6.45) is 0. The summed E-state index contributed by atoms with van der Waals surface area (Å²) in [5.74, 6) is -0.502. The number of rotatable bonds is 4. The molecule has 0 aliphatic carbocycles. The van der Waals surface area contributed by atoms with Gasteiger partial charge in [-0.05, 0) is 24.6 Å². The number of carbonyl (C=O) groups excluding carboxylic acids is 1. The van der Waals surface area contributed by atoms with Gasteiger partial charge >= 0.3 is 5.97 Å². The van der Waals surface area contributed by atoms with Crippen molar-refractivity contribution in [3.8, 4) is 0 Å². The van der Waals surface area contributed by atoms with Gasteiger partial charge in [-0.25, -0.2) is 0 Å². The number of ether oxygens (including phenoxy) is 1. The molecule has 0 saturated carbocycles. The van der Waals surface area contributed by atoms with E-state index in [1.807, 2.05) is 0 Å². The van der Waals surface area contributed by atoms with Gasteiger partial charge in [0.1, 0.15) is 12.6 Å². The Morgan fingerprint density at radius 1 is 1.50 bits per heavy atom. The van der Waals surface area contributed by atoms with E-state index in [4.69, 9.17) is 10.5 Å². The van der Waals surface area contributed by atoms with E-state index in [1.54, 1.807) is 0 Å². The Bertz CT molecular complexity index is 386. The van der Waals surface area contributed by atoms with Crippen LogP contribution in [0.2, 0.25) is 0 Å². The second-order valence-corrected chi connectivity index (χ2v) is 3.32. The maximum absolute atomic E-state index is 11.0. The Morgan fingerprint density at radius 3 is 2.50 bits per heavy atom. The Kier molecular flexibility index (Phi) is 3.96. The van der Waals surface area contributed by atoms with Crippen molar-refractivity contribution in [2.75, 3.05) is 0 Å². The van der Waals surface area contributed by atoms with E-state index in [0.717, 1.165) is 0 Å². The second-order valence-electron chi connectivity index (χ2n) is 3.32. The number of hydrogen-bond acceptors (Lipinski definition) is 5. The topological polar surface area (TPSA) is 95.5 Å². The van der Waals surface area contributed by atoms with Crippen molar-refractivity contribution in [1.82, 2.24) is 0 Å². The number of nitrogens with two attached hydrogens (primary N) is 1. The largest absolute Gasteiger partial charge is 0.460 e. The number of nitro groups is 1. The normalized spacial score (nSPS) is 11.9. The van der Waals surface area contributed by atoms with Crippen molar-refractivity contribution in [2.24, 2.45) is 5.73 Å². The first-order valence-corrected chi connectivity index (χ1v) is 4.66. The van der Waals surface area contributed by atoms with E-state index < -0.39 is 16.9 Å². The third-order valence-corrected chi connectivity index (χ3v) is 1.90. The number of nitro benzene ring substituents is 1. The van der Waals surface area contributed by atoms with Gasteiger partial charge in [0.15, 0.2) is 0 Å². The molecular formula is C10H12N2O4. The highest BCUT2D eigenvalue weighted by atomic mass is 16.6. The highest BCUT2D eigenvalue weighted by Gasteiger charge is 2.09. The summed E-state index contributed by atoms with van der Waals surface area (Å²) in [6.45, 7) is 1.59. The van der Waals surface area contributed by atoms with E-state index in [9.17, 15) is 14.9 Å². The van der Waals surface area contributed by atoms with Crippen LogP contribution in [0, 0.1) is 10.1 Å². The second kappa shape index (κ2) is 5.22. The molecule has 0 spiro atoms. The van der Waals surface area contributed by atoms with Crippen molar-refractivity contribution in [2.45, 2.75) is 19.6 Å². The molecule has 1 rings (SSSR count). The van der Waals surface area contributed by atoms with E-state index in [2.05, 4.69) is 0 Å². The predicted molar refractivity (Wildman–Crippen MR) is 56.5 cm³/mol. The van der Waals surface area contributed by atoms with Crippen LogP contribution in [0.15, 0.2) is 24.3 Å². The average molecular weight is 224 g/mol. The molecule has 16 heavy (non-hydrogen) atoms. The van der Waals surface area contributed by atoms with Crippen molar-refractivity contribution in [3.63, 3.8) is 0 Å². The van der Waals surface area contributed by atoms with Crippen LogP contribution in [0.3, 0.4) is 0 Å². The van der Waals surface area contributed by atoms with Gasteiger partial charge in [0.05, 0.1) is 4.92 Å². The zero-order chi connectivity index (χ0) is 12.1. The number of nitrogens with zero attached hydrogens (tertiary/aromatic N) is 1. The van der Waals surface area contributed by atoms with Crippen LogP contribution >= 0.6 is 0 Å². The molecule has 0 aromatic heterocycles. The molecule has 0 bridgehead atoms. The number of non-ortho nitro benzene ring substituents is 1. The summed E-state index contributed by atoms with van der Waals surface area (Å²) in [6, 6.07) is 5.11. The van der Waals surface area contributed by atoms with Gasteiger partial charge in [-0.1, -0.05) is 0 Å². The Morgan fingerprint density at radius 2 is 2.06 bits per heavy atom. The van der Waals surface area contributed by atoms with Gasteiger partial charge in [0.2, 0.25) is 0 Å². The lowest BCUT2D eigenvalue weighted by Crippen LogP contribution is -2.28. The minimum absolute atomic E-state index is 0.00210. The van der Waals surface area contributed by atoms with E-state index in [0.29, 0.717) is 5.56 Å². The van der Waals surface area contributed by atoms with Gasteiger partial charge in [0, 0.05) is 12.1 Å². The molecule has 6 nitrogen and oxygen atoms in total. The minimum Gasteiger partial charge on any atom is -0.460 e. The molecule has 0 aliphatic heterocycles. The highest BCUT2D eigenvalue weighted by molar-refractivity contribution is 5.74. The third-order valence-electron chi connectivity index (χ3n) is 1.90. The molecule has 6 heteroatoms. The smallest absolute Gasteiger partial charge is 0.322 e. The lowest BCUT2D eigenvalue weighted by atomic mass is 10.2. The predicted octanol–water partition coefficient (Wildman–Crippen LogP) is 0.985. The fraction of sp³-hybridized carbons (Fsp3) is 0.300. The van der Waals surface area contributed by atoms with Gasteiger partial charge in [0.25, 0.3) is 5.69 Å². The van der Waals surface area contributed by atoms with Crippen LogP contribution in [0.5, 0.6) is 0 Å². The van der Waals surface area contributed by atoms with Crippen LogP contribution in [-0.2, 0) is 16.1 Å². The van der Waals surface area contributed by atoms with Crippen molar-refractivity contribution >= 4 is 11.7 Å². The van der Waals surface area contributed by atoms with Crippen molar-refractivity contribution in [1.29, 1.82) is 0 Å². The van der Waals surface area contributed by atoms with Crippen LogP contribution in [-0.4, -0.2) is 16.9 Å². The van der Waals surface area contributed by atoms with Crippen LogP contribution < -0.4 is 5.73 Å². The zero-order valence-corrected chi connectivity index (χ0v) is 8.75. The number of hydrogen-bond donors (Lipinski definition) is 1. The lowest BCUT2D eigenvalue weighted by Gasteiger charge is -2.06. The van der Waals surface area contributed by atoms with Gasteiger partial charge in [-0.3, -0.25) is 14.9 Å². The lowest BCUT2D eigenvalue weighted by molar-refractivity contribution is -0.384. The first-order valence-electron chi connectivity index (χ1n) is 4.66. The fourth-order valence-corrected chi connectivity index (χ4v) is 1.000. The molecule has 0 heterocycles. The molecule has 0 saturated heterocycles. The molecule has 86 valence electrons. The highest BCUT2D eigenvalue weighted by Crippen LogP contribution is 2.12. The summed E-state index contributed by atoms with van der Waals surface area (Å²) in [5.41, 5.74) is 5.98. The first kappa shape index (κ1) is 12.1. The maximum atomic E-state index is 11.0. The summed E-state index contributed by atoms with van der Waals surface area (Å²) in [4.78, 5) is 20.9.